The second-order valence-corrected chi connectivity index (χ2v) is 9.49. The third-order valence-corrected chi connectivity index (χ3v) is 8.42. The quantitative estimate of drug-likeness (QED) is 0.666. The zero-order valence-corrected chi connectivity index (χ0v) is 15.4. The molecule has 0 aromatic carbocycles. The zero-order chi connectivity index (χ0) is 17.2. The molecule has 142 valence electrons. The van der Waals surface area contributed by atoms with Crippen LogP contribution in [-0.2, 0) is 4.74 Å². The summed E-state index contributed by atoms with van der Waals surface area (Å²) in [6, 6.07) is 1.83. The van der Waals surface area contributed by atoms with Gasteiger partial charge in [0, 0.05) is 43.1 Å². The molecule has 3 N–H and O–H groups in total. The number of ether oxygens (including phenoxy) is 1. The number of hydrogen-bond acceptors (Lipinski definition) is 5. The maximum Gasteiger partial charge on any atom is 0.183 e. The first-order chi connectivity index (χ1) is 12.1. The highest BCUT2D eigenvalue weighted by atomic mass is 16.6. The second kappa shape index (κ2) is 6.16. The Kier molecular flexibility index (Phi) is 4.18. The van der Waals surface area contributed by atoms with Gasteiger partial charge in [0.1, 0.15) is 5.60 Å². The molecular weight excluding hydrogens is 316 g/mol. The summed E-state index contributed by atoms with van der Waals surface area (Å²) < 4.78 is 5.56. The summed E-state index contributed by atoms with van der Waals surface area (Å²) in [5.41, 5.74) is -1.07. The van der Waals surface area contributed by atoms with Gasteiger partial charge >= 0.3 is 0 Å². The Morgan fingerprint density at radius 3 is 2.76 bits per heavy atom. The minimum absolute atomic E-state index is 0.159. The summed E-state index contributed by atoms with van der Waals surface area (Å²) in [6.45, 7) is 4.80. The maximum atomic E-state index is 11.1. The summed E-state index contributed by atoms with van der Waals surface area (Å²) in [7, 11) is 0. The molecule has 0 spiro atoms. The van der Waals surface area contributed by atoms with E-state index in [2.05, 4.69) is 10.2 Å². The molecule has 25 heavy (non-hydrogen) atoms. The van der Waals surface area contributed by atoms with Crippen molar-refractivity contribution in [3.8, 4) is 0 Å². The van der Waals surface area contributed by atoms with E-state index in [-0.39, 0.29) is 5.92 Å². The highest BCUT2D eigenvalue weighted by Crippen LogP contribution is 2.48. The van der Waals surface area contributed by atoms with Gasteiger partial charge in [-0.15, -0.1) is 0 Å². The Balaban J connectivity index is 1.37. The molecule has 4 saturated heterocycles. The first-order valence-corrected chi connectivity index (χ1v) is 10.6. The Bertz CT molecular complexity index is 517. The lowest BCUT2D eigenvalue weighted by Gasteiger charge is -2.53. The SMILES string of the molecule is CCC1(O)C(O)OCC2CN3CC4CC5CCCCC5NC4C3CC21. The van der Waals surface area contributed by atoms with Gasteiger partial charge in [-0.2, -0.15) is 0 Å². The molecule has 1 aliphatic carbocycles. The molecule has 0 aromatic rings. The monoisotopic (exact) mass is 350 g/mol. The number of rotatable bonds is 1. The Morgan fingerprint density at radius 2 is 1.92 bits per heavy atom. The van der Waals surface area contributed by atoms with Crippen LogP contribution in [0.5, 0.6) is 0 Å². The molecule has 0 aromatic heterocycles. The molecule has 0 radical (unpaired) electrons. The van der Waals surface area contributed by atoms with E-state index in [1.165, 1.54) is 38.6 Å². The molecule has 1 saturated carbocycles. The molecule has 5 aliphatic rings. The van der Waals surface area contributed by atoms with Crippen molar-refractivity contribution in [2.24, 2.45) is 23.7 Å². The van der Waals surface area contributed by atoms with Gasteiger partial charge in [-0.1, -0.05) is 19.8 Å². The third-order valence-electron chi connectivity index (χ3n) is 8.42. The minimum atomic E-state index is -1.07. The van der Waals surface area contributed by atoms with Gasteiger partial charge in [-0.05, 0) is 43.9 Å². The molecule has 5 nitrogen and oxygen atoms in total. The van der Waals surface area contributed by atoms with Gasteiger partial charge in [0.2, 0.25) is 0 Å². The molecule has 4 aliphatic heterocycles. The molecule has 9 unspecified atom stereocenters. The Labute approximate surface area is 151 Å². The second-order valence-electron chi connectivity index (χ2n) is 9.49. The average molecular weight is 351 g/mol. The van der Waals surface area contributed by atoms with Crippen LogP contribution >= 0.6 is 0 Å². The molecule has 5 rings (SSSR count). The maximum absolute atomic E-state index is 11.1. The van der Waals surface area contributed by atoms with Crippen molar-refractivity contribution in [1.29, 1.82) is 0 Å². The van der Waals surface area contributed by atoms with Crippen molar-refractivity contribution in [3.63, 3.8) is 0 Å². The van der Waals surface area contributed by atoms with Gasteiger partial charge in [0.15, 0.2) is 6.29 Å². The van der Waals surface area contributed by atoms with Crippen molar-refractivity contribution in [2.45, 2.75) is 81.9 Å². The smallest absolute Gasteiger partial charge is 0.183 e. The van der Waals surface area contributed by atoms with Crippen LogP contribution < -0.4 is 5.32 Å². The van der Waals surface area contributed by atoms with Gasteiger partial charge in [0.25, 0.3) is 0 Å². The lowest BCUT2D eigenvalue weighted by Crippen LogP contribution is -2.64. The highest BCUT2D eigenvalue weighted by molar-refractivity contribution is 5.10. The summed E-state index contributed by atoms with van der Waals surface area (Å²) in [4.78, 5) is 2.68. The Morgan fingerprint density at radius 1 is 1.12 bits per heavy atom. The van der Waals surface area contributed by atoms with Crippen LogP contribution in [0.15, 0.2) is 0 Å². The minimum Gasteiger partial charge on any atom is -0.384 e. The number of nitrogens with one attached hydrogen (secondary N) is 1. The van der Waals surface area contributed by atoms with E-state index in [1.54, 1.807) is 0 Å². The summed E-state index contributed by atoms with van der Waals surface area (Å²) in [5, 5.41) is 25.5. The molecule has 0 bridgehead atoms. The van der Waals surface area contributed by atoms with Gasteiger partial charge in [0.05, 0.1) is 6.61 Å². The molecular formula is C20H34N2O3. The van der Waals surface area contributed by atoms with E-state index in [1.807, 2.05) is 6.92 Å². The van der Waals surface area contributed by atoms with Crippen LogP contribution in [0.4, 0.5) is 0 Å². The van der Waals surface area contributed by atoms with Gasteiger partial charge < -0.3 is 20.3 Å². The molecule has 5 heteroatoms. The topological polar surface area (TPSA) is 65.0 Å². The van der Waals surface area contributed by atoms with Crippen LogP contribution in [0.2, 0.25) is 0 Å². The first-order valence-electron chi connectivity index (χ1n) is 10.6. The summed E-state index contributed by atoms with van der Waals surface area (Å²) in [6.07, 6.45) is 7.48. The summed E-state index contributed by atoms with van der Waals surface area (Å²) in [5.74, 6) is 2.17. The van der Waals surface area contributed by atoms with E-state index in [0.717, 1.165) is 30.8 Å². The third kappa shape index (κ3) is 2.53. The molecule has 5 fully saturated rings. The summed E-state index contributed by atoms with van der Waals surface area (Å²) >= 11 is 0. The standard InChI is InChI=1S/C20H34N2O3/c1-2-20(24)15-8-17-18-13(7-12-5-3-4-6-16(12)21-18)9-22(17)10-14(15)11-25-19(20)23/h12-19,21,23-24H,2-11H2,1H3. The van der Waals surface area contributed by atoms with E-state index in [9.17, 15) is 10.2 Å². The highest BCUT2D eigenvalue weighted by Gasteiger charge is 2.57. The lowest BCUT2D eigenvalue weighted by molar-refractivity contribution is -0.288. The van der Waals surface area contributed by atoms with Crippen LogP contribution in [0, 0.1) is 23.7 Å². The van der Waals surface area contributed by atoms with Gasteiger partial charge in [-0.25, -0.2) is 0 Å². The van der Waals surface area contributed by atoms with E-state index >= 15 is 0 Å². The fourth-order valence-electron chi connectivity index (χ4n) is 7.05. The van der Waals surface area contributed by atoms with Crippen molar-refractivity contribution in [1.82, 2.24) is 10.2 Å². The average Bonchev–Trinajstić information content (AvgIpc) is 2.98. The van der Waals surface area contributed by atoms with Crippen LogP contribution in [-0.4, -0.2) is 64.8 Å². The first kappa shape index (κ1) is 16.9. The molecule has 4 heterocycles. The predicted octanol–water partition coefficient (Wildman–Crippen LogP) is 1.33. The molecule has 0 amide bonds. The lowest BCUT2D eigenvalue weighted by atomic mass is 9.67. The number of aliphatic hydroxyl groups is 2. The number of hydrogen-bond donors (Lipinski definition) is 3. The zero-order valence-electron chi connectivity index (χ0n) is 15.4. The fraction of sp³-hybridized carbons (Fsp3) is 1.00. The van der Waals surface area contributed by atoms with Crippen molar-refractivity contribution < 1.29 is 14.9 Å². The number of fused-ring (bicyclic) bond motifs is 5. The van der Waals surface area contributed by atoms with Crippen molar-refractivity contribution in [3.05, 3.63) is 0 Å². The molecule has 9 atom stereocenters. The van der Waals surface area contributed by atoms with E-state index in [4.69, 9.17) is 4.74 Å². The van der Waals surface area contributed by atoms with E-state index < -0.39 is 11.9 Å². The fourth-order valence-corrected chi connectivity index (χ4v) is 7.05. The van der Waals surface area contributed by atoms with Gasteiger partial charge in [-0.3, -0.25) is 4.90 Å². The number of aliphatic hydroxyl groups excluding tert-OH is 1. The largest absolute Gasteiger partial charge is 0.384 e. The van der Waals surface area contributed by atoms with Crippen LogP contribution in [0.3, 0.4) is 0 Å². The van der Waals surface area contributed by atoms with Crippen LogP contribution in [0.25, 0.3) is 0 Å². The van der Waals surface area contributed by atoms with Crippen LogP contribution in [0.1, 0.15) is 51.9 Å². The normalized spacial score (nSPS) is 55.8. The number of nitrogens with zero attached hydrogens (tertiary/aromatic N) is 1. The van der Waals surface area contributed by atoms with E-state index in [0.29, 0.717) is 31.0 Å². The van der Waals surface area contributed by atoms with Crippen molar-refractivity contribution >= 4 is 0 Å². The van der Waals surface area contributed by atoms with Crippen molar-refractivity contribution in [2.75, 3.05) is 19.7 Å². The Hall–Kier alpha value is -0.200. The predicted molar refractivity (Wildman–Crippen MR) is 94.9 cm³/mol. The number of piperidine rings is 2.